The zero-order chi connectivity index (χ0) is 14.7. The van der Waals surface area contributed by atoms with E-state index in [-0.39, 0.29) is 16.9 Å². The van der Waals surface area contributed by atoms with E-state index < -0.39 is 0 Å². The number of nitrogens with two attached hydrogens (primary N) is 1. The maximum Gasteiger partial charge on any atom is 0.251 e. The molecule has 7 heteroatoms. The zero-order valence-corrected chi connectivity index (χ0v) is 12.5. The molecule has 0 saturated carbocycles. The fourth-order valence-corrected chi connectivity index (χ4v) is 2.50. The Bertz CT molecular complexity index is 475. The first-order valence-electron chi connectivity index (χ1n) is 6.56. The zero-order valence-electron chi connectivity index (χ0n) is 11.8. The summed E-state index contributed by atoms with van der Waals surface area (Å²) < 4.78 is 0. The van der Waals surface area contributed by atoms with Crippen molar-refractivity contribution in [2.45, 2.75) is 6.04 Å². The van der Waals surface area contributed by atoms with Gasteiger partial charge in [-0.2, -0.15) is 0 Å². The van der Waals surface area contributed by atoms with E-state index in [9.17, 15) is 4.79 Å². The Kier molecular flexibility index (Phi) is 4.80. The number of halogens is 1. The molecular weight excluding hydrogens is 278 g/mol. The second-order valence-corrected chi connectivity index (χ2v) is 5.60. The quantitative estimate of drug-likeness (QED) is 0.785. The number of likely N-dealkylation sites (N-methyl/N-ethyl adjacent to an activating group) is 2. The van der Waals surface area contributed by atoms with Crippen LogP contribution in [0, 0.1) is 0 Å². The minimum absolute atomic E-state index is 0.178. The predicted octanol–water partition coefficient (Wildman–Crippen LogP) is 0.293. The molecule has 1 aromatic rings. The Morgan fingerprint density at radius 3 is 2.95 bits per heavy atom. The standard InChI is InChI=1S/C13H20ClN5O/c1-18-3-4-19(2)10(8-18)7-16-13(20)9-5-11(14)17-12(15)6-9/h5-6,10H,3-4,7-8H2,1-2H3,(H2,15,17)(H,16,20). The van der Waals surface area contributed by atoms with Crippen molar-refractivity contribution >= 4 is 23.3 Å². The molecule has 1 saturated heterocycles. The minimum atomic E-state index is -0.178. The van der Waals surface area contributed by atoms with Gasteiger partial charge < -0.3 is 16.0 Å². The highest BCUT2D eigenvalue weighted by atomic mass is 35.5. The van der Waals surface area contributed by atoms with E-state index >= 15 is 0 Å². The molecule has 1 amide bonds. The van der Waals surface area contributed by atoms with Crippen LogP contribution in [0.5, 0.6) is 0 Å². The van der Waals surface area contributed by atoms with E-state index in [2.05, 4.69) is 34.2 Å². The summed E-state index contributed by atoms with van der Waals surface area (Å²) >= 11 is 5.80. The highest BCUT2D eigenvalue weighted by Gasteiger charge is 2.22. The van der Waals surface area contributed by atoms with Crippen LogP contribution in [0.15, 0.2) is 12.1 Å². The molecule has 110 valence electrons. The SMILES string of the molecule is CN1CCN(C)C(CNC(=O)c2cc(N)nc(Cl)c2)C1. The molecule has 1 aliphatic rings. The third-order valence-corrected chi connectivity index (χ3v) is 3.75. The monoisotopic (exact) mass is 297 g/mol. The first-order valence-corrected chi connectivity index (χ1v) is 6.93. The van der Waals surface area contributed by atoms with Gasteiger partial charge in [-0.25, -0.2) is 4.98 Å². The fourth-order valence-electron chi connectivity index (χ4n) is 2.28. The largest absolute Gasteiger partial charge is 0.384 e. The van der Waals surface area contributed by atoms with Crippen LogP contribution in [0.2, 0.25) is 5.15 Å². The second kappa shape index (κ2) is 6.39. The van der Waals surface area contributed by atoms with Crippen molar-refractivity contribution in [3.63, 3.8) is 0 Å². The summed E-state index contributed by atoms with van der Waals surface area (Å²) in [5, 5.41) is 3.15. The summed E-state index contributed by atoms with van der Waals surface area (Å²) in [5.74, 6) is 0.0693. The van der Waals surface area contributed by atoms with E-state index in [1.807, 2.05) is 0 Å². The van der Waals surface area contributed by atoms with Crippen molar-refractivity contribution in [1.82, 2.24) is 20.1 Å². The third kappa shape index (κ3) is 3.82. The molecule has 1 fully saturated rings. The Balaban J connectivity index is 1.94. The Morgan fingerprint density at radius 2 is 2.25 bits per heavy atom. The van der Waals surface area contributed by atoms with Gasteiger partial charge in [0, 0.05) is 37.8 Å². The number of amides is 1. The molecule has 0 aromatic carbocycles. The van der Waals surface area contributed by atoms with E-state index in [0.29, 0.717) is 18.2 Å². The number of anilines is 1. The predicted molar refractivity (Wildman–Crippen MR) is 79.9 cm³/mol. The Hall–Kier alpha value is -1.37. The number of carbonyl (C=O) groups is 1. The van der Waals surface area contributed by atoms with Crippen LogP contribution in [0.1, 0.15) is 10.4 Å². The van der Waals surface area contributed by atoms with E-state index in [1.165, 1.54) is 12.1 Å². The summed E-state index contributed by atoms with van der Waals surface area (Å²) in [4.78, 5) is 20.5. The number of pyridine rings is 1. The smallest absolute Gasteiger partial charge is 0.251 e. The highest BCUT2D eigenvalue weighted by Crippen LogP contribution is 2.12. The number of rotatable bonds is 3. The van der Waals surface area contributed by atoms with Gasteiger partial charge in [-0.15, -0.1) is 0 Å². The van der Waals surface area contributed by atoms with Crippen LogP contribution < -0.4 is 11.1 Å². The number of nitrogen functional groups attached to an aromatic ring is 1. The minimum Gasteiger partial charge on any atom is -0.384 e. The van der Waals surface area contributed by atoms with Crippen LogP contribution in [-0.4, -0.2) is 67.0 Å². The summed E-state index contributed by atoms with van der Waals surface area (Å²) in [6, 6.07) is 3.36. The molecule has 6 nitrogen and oxygen atoms in total. The normalized spacial score (nSPS) is 20.9. The number of nitrogens with one attached hydrogen (secondary N) is 1. The lowest BCUT2D eigenvalue weighted by Gasteiger charge is -2.37. The number of nitrogens with zero attached hydrogens (tertiary/aromatic N) is 3. The van der Waals surface area contributed by atoms with Crippen molar-refractivity contribution in [2.24, 2.45) is 0 Å². The number of hydrogen-bond donors (Lipinski definition) is 2. The second-order valence-electron chi connectivity index (χ2n) is 5.21. The molecule has 0 aliphatic carbocycles. The van der Waals surface area contributed by atoms with Crippen molar-refractivity contribution in [3.8, 4) is 0 Å². The van der Waals surface area contributed by atoms with E-state index in [0.717, 1.165) is 19.6 Å². The van der Waals surface area contributed by atoms with Gasteiger partial charge in [0.2, 0.25) is 0 Å². The summed E-state index contributed by atoms with van der Waals surface area (Å²) in [6.45, 7) is 3.60. The molecule has 1 atom stereocenters. The molecule has 0 radical (unpaired) electrons. The van der Waals surface area contributed by atoms with Gasteiger partial charge in [0.15, 0.2) is 0 Å². The Morgan fingerprint density at radius 1 is 1.50 bits per heavy atom. The number of carbonyl (C=O) groups excluding carboxylic acids is 1. The molecule has 2 rings (SSSR count). The van der Waals surface area contributed by atoms with Gasteiger partial charge in [-0.3, -0.25) is 9.69 Å². The lowest BCUT2D eigenvalue weighted by Crippen LogP contribution is -2.54. The van der Waals surface area contributed by atoms with Crippen molar-refractivity contribution < 1.29 is 4.79 Å². The molecule has 0 bridgehead atoms. The first kappa shape index (κ1) is 15.0. The van der Waals surface area contributed by atoms with Gasteiger partial charge in [0.05, 0.1) is 0 Å². The lowest BCUT2D eigenvalue weighted by molar-refractivity contribution is 0.0881. The summed E-state index contributed by atoms with van der Waals surface area (Å²) in [5.41, 5.74) is 6.03. The molecule has 0 spiro atoms. The number of aromatic nitrogens is 1. The van der Waals surface area contributed by atoms with Crippen LogP contribution >= 0.6 is 11.6 Å². The topological polar surface area (TPSA) is 74.5 Å². The van der Waals surface area contributed by atoms with Gasteiger partial charge in [0.25, 0.3) is 5.91 Å². The van der Waals surface area contributed by atoms with Crippen molar-refractivity contribution in [2.75, 3.05) is 46.0 Å². The average molecular weight is 298 g/mol. The van der Waals surface area contributed by atoms with Crippen LogP contribution in [0.4, 0.5) is 5.82 Å². The van der Waals surface area contributed by atoms with Gasteiger partial charge in [-0.1, -0.05) is 11.6 Å². The van der Waals surface area contributed by atoms with Gasteiger partial charge in [0.1, 0.15) is 11.0 Å². The maximum atomic E-state index is 12.1. The molecule has 20 heavy (non-hydrogen) atoms. The summed E-state index contributed by atoms with van der Waals surface area (Å²) in [7, 11) is 4.16. The van der Waals surface area contributed by atoms with Gasteiger partial charge in [-0.05, 0) is 26.2 Å². The number of hydrogen-bond acceptors (Lipinski definition) is 5. The summed E-state index contributed by atoms with van der Waals surface area (Å²) in [6.07, 6.45) is 0. The molecule has 1 unspecified atom stereocenters. The van der Waals surface area contributed by atoms with Crippen LogP contribution in [0.3, 0.4) is 0 Å². The van der Waals surface area contributed by atoms with Gasteiger partial charge >= 0.3 is 0 Å². The average Bonchev–Trinajstić information content (AvgIpc) is 2.38. The van der Waals surface area contributed by atoms with Crippen molar-refractivity contribution in [1.29, 1.82) is 0 Å². The lowest BCUT2D eigenvalue weighted by atomic mass is 10.1. The fraction of sp³-hybridized carbons (Fsp3) is 0.538. The number of piperazine rings is 1. The van der Waals surface area contributed by atoms with E-state index in [1.54, 1.807) is 0 Å². The molecule has 1 aliphatic heterocycles. The van der Waals surface area contributed by atoms with Crippen molar-refractivity contribution in [3.05, 3.63) is 22.8 Å². The molecule has 3 N–H and O–H groups in total. The van der Waals surface area contributed by atoms with E-state index in [4.69, 9.17) is 17.3 Å². The first-order chi connectivity index (χ1) is 9.45. The molecular formula is C13H20ClN5O. The van der Waals surface area contributed by atoms with Crippen LogP contribution in [0.25, 0.3) is 0 Å². The highest BCUT2D eigenvalue weighted by molar-refractivity contribution is 6.29. The van der Waals surface area contributed by atoms with Crippen LogP contribution in [-0.2, 0) is 0 Å². The molecule has 1 aromatic heterocycles. The maximum absolute atomic E-state index is 12.1. The molecule has 2 heterocycles. The Labute approximate surface area is 123 Å². The third-order valence-electron chi connectivity index (χ3n) is 3.55.